The maximum Gasteiger partial charge on any atom is 0.244 e. The van der Waals surface area contributed by atoms with Crippen LogP contribution >= 0.6 is 11.3 Å². The van der Waals surface area contributed by atoms with Crippen molar-refractivity contribution in [2.75, 3.05) is 23.3 Å². The number of hydrogen-bond acceptors (Lipinski definition) is 4. The highest BCUT2D eigenvalue weighted by atomic mass is 32.1. The van der Waals surface area contributed by atoms with E-state index in [1.165, 1.54) is 10.4 Å². The molecule has 4 rings (SSSR count). The lowest BCUT2D eigenvalue weighted by atomic mass is 9.72. The third-order valence-electron chi connectivity index (χ3n) is 6.40. The van der Waals surface area contributed by atoms with E-state index in [4.69, 9.17) is 0 Å². The topological polar surface area (TPSA) is 56.1 Å². The Labute approximate surface area is 177 Å². The Morgan fingerprint density at radius 2 is 2.10 bits per heavy atom. The van der Waals surface area contributed by atoms with Gasteiger partial charge in [-0.2, -0.15) is 5.26 Å². The Morgan fingerprint density at radius 3 is 2.86 bits per heavy atom. The first-order valence-corrected chi connectivity index (χ1v) is 11.4. The molecule has 1 amide bonds. The molecule has 29 heavy (non-hydrogen) atoms. The van der Waals surface area contributed by atoms with Crippen molar-refractivity contribution >= 4 is 27.9 Å². The third-order valence-corrected chi connectivity index (χ3v) is 7.57. The van der Waals surface area contributed by atoms with Crippen molar-refractivity contribution in [1.29, 1.82) is 5.26 Å². The van der Waals surface area contributed by atoms with Crippen LogP contribution < -0.4 is 10.2 Å². The Morgan fingerprint density at radius 1 is 1.31 bits per heavy atom. The van der Waals surface area contributed by atoms with Gasteiger partial charge in [0, 0.05) is 17.1 Å². The van der Waals surface area contributed by atoms with Crippen molar-refractivity contribution in [2.45, 2.75) is 52.9 Å². The highest BCUT2D eigenvalue weighted by molar-refractivity contribution is 7.16. The van der Waals surface area contributed by atoms with Gasteiger partial charge in [-0.1, -0.05) is 39.0 Å². The number of nitrogens with zero attached hydrogens (tertiary/aromatic N) is 2. The summed E-state index contributed by atoms with van der Waals surface area (Å²) in [5, 5.41) is 13.6. The minimum Gasteiger partial charge on any atom is -0.362 e. The molecule has 0 fully saturated rings. The molecule has 1 aromatic heterocycles. The predicted octanol–water partition coefficient (Wildman–Crippen LogP) is 5.16. The van der Waals surface area contributed by atoms with Crippen molar-refractivity contribution in [1.82, 2.24) is 0 Å². The van der Waals surface area contributed by atoms with Crippen molar-refractivity contribution in [2.24, 2.45) is 11.3 Å². The molecule has 2 aromatic rings. The summed E-state index contributed by atoms with van der Waals surface area (Å²) in [6.07, 6.45) is 5.19. The number of carbonyl (C=O) groups is 1. The molecule has 0 radical (unpaired) electrons. The number of nitrogens with one attached hydrogen (secondary N) is 1. The maximum absolute atomic E-state index is 12.8. The van der Waals surface area contributed by atoms with Crippen LogP contribution in [0.1, 0.15) is 55.2 Å². The lowest BCUT2D eigenvalue weighted by molar-refractivity contribution is -0.115. The van der Waals surface area contributed by atoms with Crippen LogP contribution in [0, 0.1) is 22.7 Å². The first-order valence-electron chi connectivity index (χ1n) is 10.5. The van der Waals surface area contributed by atoms with Gasteiger partial charge in [0.25, 0.3) is 0 Å². The van der Waals surface area contributed by atoms with E-state index in [0.717, 1.165) is 54.9 Å². The van der Waals surface area contributed by atoms with Crippen molar-refractivity contribution in [3.8, 4) is 6.07 Å². The van der Waals surface area contributed by atoms with E-state index in [9.17, 15) is 10.1 Å². The number of nitriles is 1. The number of rotatable bonds is 3. The van der Waals surface area contributed by atoms with Gasteiger partial charge in [-0.15, -0.1) is 11.3 Å². The van der Waals surface area contributed by atoms with Crippen LogP contribution in [0.15, 0.2) is 24.3 Å². The SMILES string of the molecule is CC(C)(C)[C@H]1CCc2c(sc(NC(=O)CN3CCCc4ccccc43)c2C#N)C1. The Kier molecular flexibility index (Phi) is 5.40. The zero-order valence-electron chi connectivity index (χ0n) is 17.5. The number of amides is 1. The normalized spacial score (nSPS) is 18.6. The first-order chi connectivity index (χ1) is 13.9. The summed E-state index contributed by atoms with van der Waals surface area (Å²) in [5.41, 5.74) is 4.58. The summed E-state index contributed by atoms with van der Waals surface area (Å²) < 4.78 is 0. The number of anilines is 2. The van der Waals surface area contributed by atoms with Gasteiger partial charge < -0.3 is 10.2 Å². The molecule has 1 atom stereocenters. The Balaban J connectivity index is 1.50. The summed E-state index contributed by atoms with van der Waals surface area (Å²) in [6, 6.07) is 10.7. The molecule has 152 valence electrons. The second kappa shape index (κ2) is 7.84. The zero-order chi connectivity index (χ0) is 20.6. The lowest BCUT2D eigenvalue weighted by Gasteiger charge is -2.33. The molecule has 2 aliphatic rings. The van der Waals surface area contributed by atoms with Crippen LogP contribution in [-0.4, -0.2) is 19.0 Å². The highest BCUT2D eigenvalue weighted by Crippen LogP contribution is 2.44. The van der Waals surface area contributed by atoms with E-state index in [1.807, 2.05) is 6.07 Å². The van der Waals surface area contributed by atoms with Crippen molar-refractivity contribution in [3.05, 3.63) is 45.8 Å². The molecule has 0 saturated carbocycles. The standard InChI is InChI=1S/C24H29N3OS/c1-24(2,3)17-10-11-18-19(14-25)23(29-21(18)13-17)26-22(28)15-27-12-6-8-16-7-4-5-9-20(16)27/h4-5,7,9,17H,6,8,10-13,15H2,1-3H3,(H,26,28)/t17-/m0/s1. The number of hydrogen-bond donors (Lipinski definition) is 1. The van der Waals surface area contributed by atoms with E-state index in [2.05, 4.69) is 55.3 Å². The predicted molar refractivity (Wildman–Crippen MR) is 120 cm³/mol. The molecule has 1 aliphatic heterocycles. The van der Waals surface area contributed by atoms with Gasteiger partial charge in [-0.3, -0.25) is 4.79 Å². The van der Waals surface area contributed by atoms with E-state index >= 15 is 0 Å². The lowest BCUT2D eigenvalue weighted by Crippen LogP contribution is -2.36. The average Bonchev–Trinajstić information content (AvgIpc) is 3.03. The molecule has 0 saturated heterocycles. The number of para-hydroxylation sites is 1. The van der Waals surface area contributed by atoms with Crippen LogP contribution in [0.5, 0.6) is 0 Å². The van der Waals surface area contributed by atoms with Gasteiger partial charge in [-0.25, -0.2) is 0 Å². The number of aryl methyl sites for hydroxylation is 1. The molecule has 1 aliphatic carbocycles. The second-order valence-electron chi connectivity index (χ2n) is 9.33. The first kappa shape index (κ1) is 20.0. The van der Waals surface area contributed by atoms with Crippen LogP contribution in [0.4, 0.5) is 10.7 Å². The smallest absolute Gasteiger partial charge is 0.244 e. The van der Waals surface area contributed by atoms with Crippen molar-refractivity contribution < 1.29 is 4.79 Å². The molecule has 2 heterocycles. The molecular weight excluding hydrogens is 378 g/mol. The average molecular weight is 408 g/mol. The third kappa shape index (κ3) is 4.04. The minimum absolute atomic E-state index is 0.0378. The summed E-state index contributed by atoms with van der Waals surface area (Å²) >= 11 is 1.61. The molecule has 0 unspecified atom stereocenters. The van der Waals surface area contributed by atoms with E-state index < -0.39 is 0 Å². The Bertz CT molecular complexity index is 963. The van der Waals surface area contributed by atoms with E-state index in [-0.39, 0.29) is 11.3 Å². The number of carbonyl (C=O) groups excluding carboxylic acids is 1. The molecule has 1 N–H and O–H groups in total. The minimum atomic E-state index is -0.0378. The van der Waals surface area contributed by atoms with Gasteiger partial charge in [0.05, 0.1) is 12.1 Å². The summed E-state index contributed by atoms with van der Waals surface area (Å²) in [4.78, 5) is 16.3. The summed E-state index contributed by atoms with van der Waals surface area (Å²) in [5.74, 6) is 0.581. The van der Waals surface area contributed by atoms with Gasteiger partial charge in [0.15, 0.2) is 0 Å². The highest BCUT2D eigenvalue weighted by Gasteiger charge is 2.32. The van der Waals surface area contributed by atoms with Crippen LogP contribution in [0.2, 0.25) is 0 Å². The second-order valence-corrected chi connectivity index (χ2v) is 10.4. The molecule has 0 spiro atoms. The largest absolute Gasteiger partial charge is 0.362 e. The molecule has 5 heteroatoms. The fourth-order valence-electron chi connectivity index (χ4n) is 4.65. The van der Waals surface area contributed by atoms with Gasteiger partial charge in [0.1, 0.15) is 11.1 Å². The van der Waals surface area contributed by atoms with Crippen LogP contribution in [0.25, 0.3) is 0 Å². The quantitative estimate of drug-likeness (QED) is 0.764. The zero-order valence-corrected chi connectivity index (χ0v) is 18.4. The van der Waals surface area contributed by atoms with E-state index in [0.29, 0.717) is 18.0 Å². The number of fused-ring (bicyclic) bond motifs is 2. The fourth-order valence-corrected chi connectivity index (χ4v) is 5.94. The summed E-state index contributed by atoms with van der Waals surface area (Å²) in [6.45, 7) is 8.10. The van der Waals surface area contributed by atoms with Gasteiger partial charge in [0.2, 0.25) is 5.91 Å². The van der Waals surface area contributed by atoms with E-state index in [1.54, 1.807) is 11.3 Å². The van der Waals surface area contributed by atoms with Crippen molar-refractivity contribution in [3.63, 3.8) is 0 Å². The summed E-state index contributed by atoms with van der Waals surface area (Å²) in [7, 11) is 0. The molecule has 1 aromatic carbocycles. The van der Waals surface area contributed by atoms with Gasteiger partial charge in [-0.05, 0) is 60.6 Å². The number of benzene rings is 1. The maximum atomic E-state index is 12.8. The molecule has 4 nitrogen and oxygen atoms in total. The fraction of sp³-hybridized carbons (Fsp3) is 0.500. The van der Waals surface area contributed by atoms with Crippen LogP contribution in [0.3, 0.4) is 0 Å². The monoisotopic (exact) mass is 407 g/mol. The Hall–Kier alpha value is -2.32. The molecule has 0 bridgehead atoms. The van der Waals surface area contributed by atoms with Crippen LogP contribution in [-0.2, 0) is 24.1 Å². The van der Waals surface area contributed by atoms with Gasteiger partial charge >= 0.3 is 0 Å². The molecular formula is C24H29N3OS. The number of thiophene rings is 1.